The van der Waals surface area contributed by atoms with Gasteiger partial charge in [0.05, 0.1) is 6.04 Å². The van der Waals surface area contributed by atoms with E-state index in [0.717, 1.165) is 5.56 Å². The fourth-order valence-corrected chi connectivity index (χ4v) is 2.04. The minimum atomic E-state index is -0.598. The van der Waals surface area contributed by atoms with Gasteiger partial charge in [0.25, 0.3) is 0 Å². The fourth-order valence-electron chi connectivity index (χ4n) is 2.04. The summed E-state index contributed by atoms with van der Waals surface area (Å²) >= 11 is 0. The molecule has 0 saturated carbocycles. The summed E-state index contributed by atoms with van der Waals surface area (Å²) in [6.45, 7) is 6.38. The minimum absolute atomic E-state index is 0.0845. The smallest absolute Gasteiger partial charge is 0.326 e. The lowest BCUT2D eigenvalue weighted by atomic mass is 9.85. The van der Waals surface area contributed by atoms with Crippen molar-refractivity contribution in [2.24, 2.45) is 5.92 Å². The molecule has 1 fully saturated rings. The molecule has 0 spiro atoms. The Labute approximate surface area is 102 Å². The van der Waals surface area contributed by atoms with Crippen LogP contribution in [-0.2, 0) is 9.53 Å². The van der Waals surface area contributed by atoms with Gasteiger partial charge in [-0.25, -0.2) is 0 Å². The van der Waals surface area contributed by atoms with E-state index in [1.54, 1.807) is 0 Å². The van der Waals surface area contributed by atoms with Crippen molar-refractivity contribution in [1.29, 1.82) is 0 Å². The first kappa shape index (κ1) is 12.1. The molecule has 1 saturated heterocycles. The number of carbonyl (C=O) groups excluding carboxylic acids is 1. The monoisotopic (exact) mass is 233 g/mol. The zero-order valence-electron chi connectivity index (χ0n) is 10.6. The van der Waals surface area contributed by atoms with E-state index in [4.69, 9.17) is 4.74 Å². The molecule has 1 aliphatic rings. The standard InChI is InChI=1S/C14H19NO2/c1-10(2)14(3)13(16)17-9-12(15-14)11-7-5-4-6-8-11/h4-8,10,12,15H,9H2,1-3H3. The highest BCUT2D eigenvalue weighted by atomic mass is 16.5. The molecule has 3 heteroatoms. The van der Waals surface area contributed by atoms with Crippen LogP contribution < -0.4 is 5.32 Å². The molecule has 1 aromatic carbocycles. The van der Waals surface area contributed by atoms with Gasteiger partial charge in [0.15, 0.2) is 0 Å². The van der Waals surface area contributed by atoms with Crippen LogP contribution in [0.5, 0.6) is 0 Å². The summed E-state index contributed by atoms with van der Waals surface area (Å²) in [7, 11) is 0. The van der Waals surface area contributed by atoms with Crippen molar-refractivity contribution in [1.82, 2.24) is 5.32 Å². The fraction of sp³-hybridized carbons (Fsp3) is 0.500. The Bertz CT molecular complexity index is 402. The number of hydrogen-bond donors (Lipinski definition) is 1. The molecular weight excluding hydrogens is 214 g/mol. The third-order valence-electron chi connectivity index (χ3n) is 3.64. The van der Waals surface area contributed by atoms with Crippen molar-refractivity contribution in [3.63, 3.8) is 0 Å². The molecule has 0 radical (unpaired) electrons. The second-order valence-electron chi connectivity index (χ2n) is 5.06. The molecule has 0 aromatic heterocycles. The highest BCUT2D eigenvalue weighted by molar-refractivity contribution is 5.81. The van der Waals surface area contributed by atoms with E-state index in [9.17, 15) is 4.79 Å². The van der Waals surface area contributed by atoms with Crippen LogP contribution in [0.2, 0.25) is 0 Å². The van der Waals surface area contributed by atoms with Crippen molar-refractivity contribution >= 4 is 5.97 Å². The summed E-state index contributed by atoms with van der Waals surface area (Å²) in [6, 6.07) is 10.2. The van der Waals surface area contributed by atoms with Crippen LogP contribution in [0.15, 0.2) is 30.3 Å². The molecule has 2 rings (SSSR count). The van der Waals surface area contributed by atoms with E-state index in [1.807, 2.05) is 39.0 Å². The van der Waals surface area contributed by atoms with E-state index in [2.05, 4.69) is 17.4 Å². The highest BCUT2D eigenvalue weighted by Crippen LogP contribution is 2.28. The van der Waals surface area contributed by atoms with Gasteiger partial charge >= 0.3 is 5.97 Å². The number of carbonyl (C=O) groups is 1. The molecule has 3 nitrogen and oxygen atoms in total. The van der Waals surface area contributed by atoms with Crippen LogP contribution in [0.25, 0.3) is 0 Å². The summed E-state index contributed by atoms with van der Waals surface area (Å²) in [5.41, 5.74) is 0.561. The molecule has 1 heterocycles. The maximum absolute atomic E-state index is 11.8. The number of nitrogens with one attached hydrogen (secondary N) is 1. The zero-order chi connectivity index (χ0) is 12.5. The van der Waals surface area contributed by atoms with Gasteiger partial charge in [0.1, 0.15) is 12.1 Å². The lowest BCUT2D eigenvalue weighted by Crippen LogP contribution is -2.60. The van der Waals surface area contributed by atoms with Crippen LogP contribution in [0.4, 0.5) is 0 Å². The summed E-state index contributed by atoms with van der Waals surface area (Å²) < 4.78 is 5.32. The predicted octanol–water partition coefficient (Wildman–Crippen LogP) is 2.29. The predicted molar refractivity (Wildman–Crippen MR) is 66.5 cm³/mol. The van der Waals surface area contributed by atoms with Gasteiger partial charge < -0.3 is 4.74 Å². The maximum Gasteiger partial charge on any atom is 0.326 e. The third-order valence-corrected chi connectivity index (χ3v) is 3.64. The maximum atomic E-state index is 11.8. The van der Waals surface area contributed by atoms with Crippen molar-refractivity contribution in [3.05, 3.63) is 35.9 Å². The summed E-state index contributed by atoms with van der Waals surface area (Å²) in [5.74, 6) is 0.0428. The topological polar surface area (TPSA) is 38.3 Å². The number of hydrogen-bond acceptors (Lipinski definition) is 3. The number of esters is 1. The third kappa shape index (κ3) is 2.20. The number of ether oxygens (including phenoxy) is 1. The SMILES string of the molecule is CC(C)C1(C)NC(c2ccccc2)COC1=O. The number of morpholine rings is 1. The summed E-state index contributed by atoms with van der Waals surface area (Å²) in [5, 5.41) is 3.42. The van der Waals surface area contributed by atoms with Crippen LogP contribution in [0.1, 0.15) is 32.4 Å². The molecule has 0 bridgehead atoms. The van der Waals surface area contributed by atoms with Crippen molar-refractivity contribution < 1.29 is 9.53 Å². The summed E-state index contributed by atoms with van der Waals surface area (Å²) in [6.07, 6.45) is 0. The first-order valence-electron chi connectivity index (χ1n) is 6.04. The Balaban J connectivity index is 2.22. The Kier molecular flexibility index (Phi) is 3.20. The van der Waals surface area contributed by atoms with Gasteiger partial charge in [-0.1, -0.05) is 44.2 Å². The molecule has 2 unspecified atom stereocenters. The van der Waals surface area contributed by atoms with Crippen molar-refractivity contribution in [3.8, 4) is 0 Å². The molecule has 0 amide bonds. The van der Waals surface area contributed by atoms with Gasteiger partial charge in [-0.2, -0.15) is 0 Å². The number of cyclic esters (lactones) is 1. The lowest BCUT2D eigenvalue weighted by Gasteiger charge is -2.40. The molecule has 17 heavy (non-hydrogen) atoms. The molecular formula is C14H19NO2. The van der Waals surface area contributed by atoms with Gasteiger partial charge in [-0.05, 0) is 18.4 Å². The average molecular weight is 233 g/mol. The molecule has 0 aliphatic carbocycles. The Morgan fingerprint density at radius 3 is 2.59 bits per heavy atom. The Morgan fingerprint density at radius 2 is 2.00 bits per heavy atom. The average Bonchev–Trinajstić information content (AvgIpc) is 2.33. The van der Waals surface area contributed by atoms with Gasteiger partial charge in [-0.15, -0.1) is 0 Å². The normalized spacial score (nSPS) is 29.2. The van der Waals surface area contributed by atoms with E-state index < -0.39 is 5.54 Å². The van der Waals surface area contributed by atoms with Crippen LogP contribution in [-0.4, -0.2) is 18.1 Å². The van der Waals surface area contributed by atoms with Crippen molar-refractivity contribution in [2.45, 2.75) is 32.4 Å². The minimum Gasteiger partial charge on any atom is -0.462 e. The van der Waals surface area contributed by atoms with Crippen LogP contribution in [0.3, 0.4) is 0 Å². The Hall–Kier alpha value is -1.35. The van der Waals surface area contributed by atoms with Crippen molar-refractivity contribution in [2.75, 3.05) is 6.61 Å². The number of rotatable bonds is 2. The molecule has 1 aliphatic heterocycles. The molecule has 1 N–H and O–H groups in total. The quantitative estimate of drug-likeness (QED) is 0.796. The first-order valence-corrected chi connectivity index (χ1v) is 6.04. The zero-order valence-corrected chi connectivity index (χ0v) is 10.6. The van der Waals surface area contributed by atoms with E-state index >= 15 is 0 Å². The van der Waals surface area contributed by atoms with Gasteiger partial charge in [0, 0.05) is 0 Å². The summed E-state index contributed by atoms with van der Waals surface area (Å²) in [4.78, 5) is 11.8. The van der Waals surface area contributed by atoms with E-state index in [0.29, 0.717) is 6.61 Å². The highest BCUT2D eigenvalue weighted by Gasteiger charge is 2.43. The molecule has 2 atom stereocenters. The second kappa shape index (κ2) is 4.49. The van der Waals surface area contributed by atoms with Gasteiger partial charge in [-0.3, -0.25) is 10.1 Å². The van der Waals surface area contributed by atoms with Gasteiger partial charge in [0.2, 0.25) is 0 Å². The Morgan fingerprint density at radius 1 is 1.35 bits per heavy atom. The second-order valence-corrected chi connectivity index (χ2v) is 5.06. The largest absolute Gasteiger partial charge is 0.462 e. The first-order chi connectivity index (χ1) is 8.04. The van der Waals surface area contributed by atoms with E-state index in [-0.39, 0.29) is 17.9 Å². The van der Waals surface area contributed by atoms with E-state index in [1.165, 1.54) is 0 Å². The molecule has 1 aromatic rings. The van der Waals surface area contributed by atoms with Crippen LogP contribution in [0, 0.1) is 5.92 Å². The lowest BCUT2D eigenvalue weighted by molar-refractivity contribution is -0.160. The molecule has 92 valence electrons. The number of benzene rings is 1. The van der Waals surface area contributed by atoms with Crippen LogP contribution >= 0.6 is 0 Å².